The summed E-state index contributed by atoms with van der Waals surface area (Å²) in [6, 6.07) is 0. The van der Waals surface area contributed by atoms with E-state index in [-0.39, 0.29) is 12.3 Å². The van der Waals surface area contributed by atoms with Crippen molar-refractivity contribution in [3.63, 3.8) is 0 Å². The largest absolute Gasteiger partial charge is 0.413 e. The third-order valence-electron chi connectivity index (χ3n) is 3.01. The molecule has 1 rings (SSSR count). The van der Waals surface area contributed by atoms with Crippen LogP contribution < -0.4 is 5.32 Å². The molecule has 0 aromatic heterocycles. The van der Waals surface area contributed by atoms with Crippen LogP contribution >= 0.6 is 0 Å². The molecule has 1 amide bonds. The Morgan fingerprint density at radius 2 is 2.05 bits per heavy atom. The Kier molecular flexibility index (Phi) is 4.57. The molecule has 0 aliphatic carbocycles. The Morgan fingerprint density at radius 1 is 1.47 bits per heavy atom. The molecular formula is C12H21N2O5. The number of carbonyl (C=O) groups excluding carboxylic acids is 1. The summed E-state index contributed by atoms with van der Waals surface area (Å²) in [6.45, 7) is 6.22. The van der Waals surface area contributed by atoms with Gasteiger partial charge in [-0.05, 0) is 33.8 Å². The fourth-order valence-corrected chi connectivity index (χ4v) is 1.93. The highest BCUT2D eigenvalue weighted by atomic mass is 16.6. The molecule has 1 aliphatic rings. The summed E-state index contributed by atoms with van der Waals surface area (Å²) in [5.74, 6) is 0.267. The topological polar surface area (TPSA) is 102 Å². The number of hydrogen-bond acceptors (Lipinski definition) is 5. The van der Waals surface area contributed by atoms with Crippen molar-refractivity contribution >= 4 is 6.09 Å². The van der Waals surface area contributed by atoms with Gasteiger partial charge in [0.25, 0.3) is 0 Å². The molecule has 0 spiro atoms. The highest BCUT2D eigenvalue weighted by Gasteiger charge is 2.48. The van der Waals surface area contributed by atoms with E-state index in [1.165, 1.54) is 0 Å². The maximum atomic E-state index is 12.0. The van der Waals surface area contributed by atoms with E-state index >= 15 is 0 Å². The number of rotatable bonds is 4. The van der Waals surface area contributed by atoms with Crippen molar-refractivity contribution in [3.05, 3.63) is 11.8 Å². The number of hydrogen-bond donors (Lipinski definition) is 3. The van der Waals surface area contributed by atoms with Crippen molar-refractivity contribution in [2.45, 2.75) is 44.9 Å². The molecule has 0 fully saturated rings. The van der Waals surface area contributed by atoms with E-state index < -0.39 is 29.9 Å². The second-order valence-electron chi connectivity index (χ2n) is 5.62. The minimum atomic E-state index is -1.04. The van der Waals surface area contributed by atoms with Gasteiger partial charge in [0.2, 0.25) is 0 Å². The van der Waals surface area contributed by atoms with Gasteiger partial charge in [0, 0.05) is 6.54 Å². The zero-order valence-electron chi connectivity index (χ0n) is 11.6. The lowest BCUT2D eigenvalue weighted by atomic mass is 10.1. The summed E-state index contributed by atoms with van der Waals surface area (Å²) >= 11 is 0. The lowest BCUT2D eigenvalue weighted by molar-refractivity contribution is -0.242. The van der Waals surface area contributed by atoms with Crippen LogP contribution in [0.5, 0.6) is 0 Å². The first-order valence-corrected chi connectivity index (χ1v) is 6.06. The van der Waals surface area contributed by atoms with Gasteiger partial charge in [-0.15, -0.1) is 10.3 Å². The molecule has 0 saturated carbocycles. The van der Waals surface area contributed by atoms with Crippen LogP contribution in [-0.2, 0) is 9.94 Å². The molecule has 0 saturated heterocycles. The van der Waals surface area contributed by atoms with Crippen molar-refractivity contribution in [3.8, 4) is 0 Å². The summed E-state index contributed by atoms with van der Waals surface area (Å²) in [5.41, 5.74) is -1.68. The van der Waals surface area contributed by atoms with Crippen LogP contribution in [-0.4, -0.2) is 51.7 Å². The number of hydroxylamine groups is 2. The van der Waals surface area contributed by atoms with Crippen molar-refractivity contribution in [1.29, 1.82) is 0 Å². The van der Waals surface area contributed by atoms with Crippen molar-refractivity contribution in [2.75, 3.05) is 13.2 Å². The van der Waals surface area contributed by atoms with E-state index in [4.69, 9.17) is 14.9 Å². The zero-order valence-corrected chi connectivity index (χ0v) is 11.6. The molecule has 7 nitrogen and oxygen atoms in total. The maximum Gasteiger partial charge on any atom is 0.412 e. The lowest BCUT2D eigenvalue weighted by Gasteiger charge is -2.32. The molecule has 1 heterocycles. The first-order valence-electron chi connectivity index (χ1n) is 6.06. The molecule has 1 unspecified atom stereocenters. The van der Waals surface area contributed by atoms with Crippen LogP contribution in [0.3, 0.4) is 0 Å². The molecular weight excluding hydrogens is 252 g/mol. The zero-order chi connectivity index (χ0) is 14.8. The van der Waals surface area contributed by atoms with E-state index in [9.17, 15) is 10.0 Å². The van der Waals surface area contributed by atoms with Crippen LogP contribution in [0, 0.1) is 0 Å². The Bertz CT molecular complexity index is 378. The molecule has 1 aliphatic heterocycles. The molecule has 0 aromatic rings. The highest BCUT2D eigenvalue weighted by molar-refractivity contribution is 5.69. The van der Waals surface area contributed by atoms with E-state index in [0.29, 0.717) is 0 Å². The van der Waals surface area contributed by atoms with Gasteiger partial charge in [-0.2, -0.15) is 0 Å². The van der Waals surface area contributed by atoms with Crippen LogP contribution in [0.15, 0.2) is 11.8 Å². The van der Waals surface area contributed by atoms with Crippen LogP contribution in [0.1, 0.15) is 27.7 Å². The normalized spacial score (nSPS) is 22.8. The fourth-order valence-electron chi connectivity index (χ4n) is 1.93. The van der Waals surface area contributed by atoms with Crippen LogP contribution in [0.2, 0.25) is 0 Å². The predicted octanol–water partition coefficient (Wildman–Crippen LogP) is 0.168. The van der Waals surface area contributed by atoms with Gasteiger partial charge in [-0.1, -0.05) is 0 Å². The van der Waals surface area contributed by atoms with Crippen molar-refractivity contribution in [2.24, 2.45) is 0 Å². The second kappa shape index (κ2) is 5.46. The third-order valence-corrected chi connectivity index (χ3v) is 3.01. The van der Waals surface area contributed by atoms with Gasteiger partial charge in [0.15, 0.2) is 0 Å². The predicted molar refractivity (Wildman–Crippen MR) is 66.3 cm³/mol. The SMILES string of the molecule is CC1(C)C=C(OC(=O)NCC(O)CO)C(C)(C)N1[O]. The van der Waals surface area contributed by atoms with Crippen LogP contribution in [0.4, 0.5) is 4.79 Å². The van der Waals surface area contributed by atoms with Gasteiger partial charge in [0.1, 0.15) is 11.3 Å². The molecule has 0 bridgehead atoms. The fraction of sp³-hybridized carbons (Fsp3) is 0.750. The average molecular weight is 273 g/mol. The Hall–Kier alpha value is -1.15. The number of aliphatic hydroxyl groups is 2. The Labute approximate surface area is 112 Å². The number of carbonyl (C=O) groups is 1. The van der Waals surface area contributed by atoms with Crippen molar-refractivity contribution in [1.82, 2.24) is 10.4 Å². The number of amides is 1. The third kappa shape index (κ3) is 3.44. The Morgan fingerprint density at radius 3 is 2.47 bits per heavy atom. The molecule has 3 N–H and O–H groups in total. The summed E-state index contributed by atoms with van der Waals surface area (Å²) in [7, 11) is 0. The lowest BCUT2D eigenvalue weighted by Crippen LogP contribution is -2.47. The van der Waals surface area contributed by atoms with Crippen LogP contribution in [0.25, 0.3) is 0 Å². The summed E-state index contributed by atoms with van der Waals surface area (Å²) < 4.78 is 5.10. The minimum Gasteiger partial charge on any atom is -0.413 e. The number of aliphatic hydroxyl groups excluding tert-OH is 2. The van der Waals surface area contributed by atoms with E-state index in [0.717, 1.165) is 5.06 Å². The van der Waals surface area contributed by atoms with Gasteiger partial charge in [-0.3, -0.25) is 0 Å². The van der Waals surface area contributed by atoms with Gasteiger partial charge in [0.05, 0.1) is 18.2 Å². The van der Waals surface area contributed by atoms with Gasteiger partial charge in [-0.25, -0.2) is 4.79 Å². The van der Waals surface area contributed by atoms with E-state index in [2.05, 4.69) is 5.32 Å². The van der Waals surface area contributed by atoms with Crippen molar-refractivity contribution < 1.29 is 25.0 Å². The number of alkyl carbamates (subject to hydrolysis) is 1. The Balaban J connectivity index is 2.64. The minimum absolute atomic E-state index is 0.118. The average Bonchev–Trinajstić information content (AvgIpc) is 2.47. The first kappa shape index (κ1) is 15.9. The molecule has 19 heavy (non-hydrogen) atoms. The number of nitrogens with zero attached hydrogens (tertiary/aromatic N) is 1. The summed E-state index contributed by atoms with van der Waals surface area (Å²) in [4.78, 5) is 11.5. The van der Waals surface area contributed by atoms with E-state index in [1.54, 1.807) is 33.8 Å². The number of ether oxygens (including phenoxy) is 1. The summed E-state index contributed by atoms with van der Waals surface area (Å²) in [6.07, 6.45) is -0.203. The van der Waals surface area contributed by atoms with E-state index in [1.807, 2.05) is 0 Å². The molecule has 7 heteroatoms. The molecule has 0 aromatic carbocycles. The van der Waals surface area contributed by atoms with Gasteiger partial charge < -0.3 is 20.3 Å². The monoisotopic (exact) mass is 273 g/mol. The quantitative estimate of drug-likeness (QED) is 0.677. The first-order chi connectivity index (χ1) is 8.61. The summed E-state index contributed by atoms with van der Waals surface area (Å²) in [5, 5.41) is 32.9. The molecule has 109 valence electrons. The number of nitrogens with one attached hydrogen (secondary N) is 1. The molecule has 1 radical (unpaired) electrons. The smallest absolute Gasteiger partial charge is 0.412 e. The highest BCUT2D eigenvalue weighted by Crippen LogP contribution is 2.38. The standard InChI is InChI=1S/C12H21N2O5/c1-11(2)5-9(12(3,4)14(11)18)19-10(17)13-6-8(16)7-15/h5,8,15-16H,6-7H2,1-4H3,(H,13,17). The molecule has 1 atom stereocenters. The maximum absolute atomic E-state index is 12.0. The second-order valence-corrected chi connectivity index (χ2v) is 5.62. The van der Waals surface area contributed by atoms with Gasteiger partial charge >= 0.3 is 6.09 Å².